The fourth-order valence-electron chi connectivity index (χ4n) is 5.16. The third-order valence-electron chi connectivity index (χ3n) is 7.03. The SMILES string of the molecule is NC(=O)c1nonc1[C@H](c1cn2ncc([C@@H](C(F)F)N3CC(F)(F)CNC3=O)cc2n1)C1CCC(F)(F)CC1. The highest BCUT2D eigenvalue weighted by Crippen LogP contribution is 2.45. The lowest BCUT2D eigenvalue weighted by atomic mass is 9.75. The van der Waals surface area contributed by atoms with Crippen molar-refractivity contribution in [1.82, 2.24) is 35.1 Å². The van der Waals surface area contributed by atoms with Gasteiger partial charge < -0.3 is 16.0 Å². The van der Waals surface area contributed by atoms with Crippen molar-refractivity contribution in [3.05, 3.63) is 41.1 Å². The lowest BCUT2D eigenvalue weighted by molar-refractivity contribution is -0.0638. The van der Waals surface area contributed by atoms with Crippen LogP contribution in [0, 0.1) is 5.92 Å². The Balaban J connectivity index is 1.54. The number of nitrogens with two attached hydrogens (primary N) is 1. The van der Waals surface area contributed by atoms with Crippen LogP contribution in [0.4, 0.5) is 31.1 Å². The zero-order chi connectivity index (χ0) is 28.1. The second-order valence-corrected chi connectivity index (χ2v) is 9.71. The molecule has 1 aliphatic carbocycles. The molecule has 1 saturated heterocycles. The first-order valence-electron chi connectivity index (χ1n) is 11.9. The molecule has 3 amide bonds. The number of aromatic nitrogens is 5. The molecule has 2 aliphatic rings. The molecule has 17 heteroatoms. The minimum Gasteiger partial charge on any atom is -0.364 e. The molecule has 11 nitrogen and oxygen atoms in total. The number of nitrogens with one attached hydrogen (secondary N) is 1. The first-order chi connectivity index (χ1) is 18.3. The van der Waals surface area contributed by atoms with Crippen molar-refractivity contribution in [3.8, 4) is 0 Å². The summed E-state index contributed by atoms with van der Waals surface area (Å²) in [6, 6.07) is -1.97. The molecule has 1 aliphatic heterocycles. The van der Waals surface area contributed by atoms with Crippen LogP contribution in [0.3, 0.4) is 0 Å². The van der Waals surface area contributed by atoms with E-state index in [9.17, 15) is 35.9 Å². The van der Waals surface area contributed by atoms with Crippen molar-refractivity contribution in [1.29, 1.82) is 0 Å². The normalized spacial score (nSPS) is 21.2. The summed E-state index contributed by atoms with van der Waals surface area (Å²) in [7, 11) is 0. The summed E-state index contributed by atoms with van der Waals surface area (Å²) < 4.78 is 89.7. The molecule has 2 atom stereocenters. The Kier molecular flexibility index (Phi) is 6.62. The zero-order valence-electron chi connectivity index (χ0n) is 20.0. The van der Waals surface area contributed by atoms with Gasteiger partial charge in [0.1, 0.15) is 11.7 Å². The molecular formula is C22H22F6N8O3. The second-order valence-electron chi connectivity index (χ2n) is 9.71. The van der Waals surface area contributed by atoms with Crippen LogP contribution in [-0.4, -0.2) is 73.1 Å². The van der Waals surface area contributed by atoms with Gasteiger partial charge in [-0.2, -0.15) is 5.10 Å². The molecule has 0 bridgehead atoms. The summed E-state index contributed by atoms with van der Waals surface area (Å²) in [4.78, 5) is 28.9. The molecule has 3 aromatic rings. The average Bonchev–Trinajstić information content (AvgIpc) is 3.50. The van der Waals surface area contributed by atoms with Gasteiger partial charge in [-0.3, -0.25) is 4.79 Å². The minimum absolute atomic E-state index is 0.000506. The van der Waals surface area contributed by atoms with E-state index in [4.69, 9.17) is 10.4 Å². The van der Waals surface area contributed by atoms with Crippen molar-refractivity contribution < 1.29 is 40.6 Å². The molecule has 0 radical (unpaired) electrons. The number of alkyl halides is 6. The topological polar surface area (TPSA) is 145 Å². The van der Waals surface area contributed by atoms with Gasteiger partial charge >= 0.3 is 6.03 Å². The summed E-state index contributed by atoms with van der Waals surface area (Å²) in [5.74, 6) is -8.60. The number of hydrogen-bond donors (Lipinski definition) is 2. The molecule has 210 valence electrons. The fourth-order valence-corrected chi connectivity index (χ4v) is 5.16. The number of carbonyl (C=O) groups is 2. The van der Waals surface area contributed by atoms with Gasteiger partial charge in [-0.25, -0.2) is 45.3 Å². The average molecular weight is 560 g/mol. The summed E-state index contributed by atoms with van der Waals surface area (Å²) in [6.07, 6.45) is -1.59. The maximum Gasteiger partial charge on any atom is 0.318 e. The maximum absolute atomic E-state index is 14.1. The number of fused-ring (bicyclic) bond motifs is 1. The van der Waals surface area contributed by atoms with Gasteiger partial charge in [-0.15, -0.1) is 0 Å². The molecule has 3 aromatic heterocycles. The summed E-state index contributed by atoms with van der Waals surface area (Å²) in [5, 5.41) is 13.3. The number of rotatable bonds is 7. The number of amides is 3. The zero-order valence-corrected chi connectivity index (χ0v) is 20.0. The van der Waals surface area contributed by atoms with E-state index in [0.29, 0.717) is 4.90 Å². The third-order valence-corrected chi connectivity index (χ3v) is 7.03. The number of urea groups is 1. The van der Waals surface area contributed by atoms with Gasteiger partial charge in [0.2, 0.25) is 5.92 Å². The van der Waals surface area contributed by atoms with Crippen LogP contribution in [-0.2, 0) is 0 Å². The van der Waals surface area contributed by atoms with E-state index in [1.165, 1.54) is 10.7 Å². The monoisotopic (exact) mass is 560 g/mol. The molecule has 0 spiro atoms. The molecule has 1 saturated carbocycles. The quantitative estimate of drug-likeness (QED) is 0.423. The lowest BCUT2D eigenvalue weighted by Gasteiger charge is -2.37. The van der Waals surface area contributed by atoms with E-state index >= 15 is 0 Å². The van der Waals surface area contributed by atoms with Crippen molar-refractivity contribution in [2.24, 2.45) is 11.7 Å². The smallest absolute Gasteiger partial charge is 0.318 e. The molecule has 5 rings (SSSR count). The molecule has 3 N–H and O–H groups in total. The molecule has 2 fully saturated rings. The molecule has 4 heterocycles. The number of carbonyl (C=O) groups excluding carboxylic acids is 2. The van der Waals surface area contributed by atoms with Crippen molar-refractivity contribution >= 4 is 17.6 Å². The van der Waals surface area contributed by atoms with Gasteiger partial charge in [-0.1, -0.05) is 5.16 Å². The van der Waals surface area contributed by atoms with Crippen LogP contribution in [0.1, 0.15) is 65.1 Å². The van der Waals surface area contributed by atoms with Gasteiger partial charge in [0, 0.05) is 18.4 Å². The molecule has 39 heavy (non-hydrogen) atoms. The Hall–Kier alpha value is -3.92. The van der Waals surface area contributed by atoms with Gasteiger partial charge in [0.05, 0.1) is 37.1 Å². The second kappa shape index (κ2) is 9.68. The van der Waals surface area contributed by atoms with Gasteiger partial charge in [0.25, 0.3) is 18.3 Å². The summed E-state index contributed by atoms with van der Waals surface area (Å²) >= 11 is 0. The van der Waals surface area contributed by atoms with Crippen LogP contribution < -0.4 is 11.1 Å². The lowest BCUT2D eigenvalue weighted by Crippen LogP contribution is -2.58. The highest BCUT2D eigenvalue weighted by molar-refractivity contribution is 5.91. The largest absolute Gasteiger partial charge is 0.364 e. The Morgan fingerprint density at radius 1 is 1.15 bits per heavy atom. The molecule has 0 aromatic carbocycles. The number of nitrogens with zero attached hydrogens (tertiary/aromatic N) is 6. The summed E-state index contributed by atoms with van der Waals surface area (Å²) in [5.41, 5.74) is 5.01. The standard InChI is InChI=1S/C22H22F6N8O3/c23-18(24)17(35-9-22(27,28)8-30-20(35)38)11-5-13-32-12(7-36(13)31-6-11)14(10-1-3-21(25,26)4-2-10)15-16(19(29)37)34-39-33-15/h5-7,10,14,17-18H,1-4,8-9H2,(H2,29,37)(H,30,38)/t14-,17-/m0/s1. The van der Waals surface area contributed by atoms with E-state index in [1.807, 2.05) is 5.32 Å². The van der Waals surface area contributed by atoms with Gasteiger partial charge in [0.15, 0.2) is 11.3 Å². The maximum atomic E-state index is 14.1. The minimum atomic E-state index is -3.42. The van der Waals surface area contributed by atoms with E-state index in [2.05, 4.69) is 20.4 Å². The van der Waals surface area contributed by atoms with Crippen LogP contribution in [0.5, 0.6) is 0 Å². The predicted molar refractivity (Wildman–Crippen MR) is 118 cm³/mol. The highest BCUT2D eigenvalue weighted by Gasteiger charge is 2.45. The van der Waals surface area contributed by atoms with E-state index in [0.717, 1.165) is 12.3 Å². The first kappa shape index (κ1) is 26.7. The first-order valence-corrected chi connectivity index (χ1v) is 11.9. The Labute approximate surface area is 215 Å². The highest BCUT2D eigenvalue weighted by atomic mass is 19.3. The van der Waals surface area contributed by atoms with Crippen molar-refractivity contribution in [2.75, 3.05) is 13.1 Å². The van der Waals surface area contributed by atoms with E-state index < -0.39 is 74.0 Å². The third kappa shape index (κ3) is 5.21. The van der Waals surface area contributed by atoms with Crippen molar-refractivity contribution in [2.45, 2.75) is 55.9 Å². The summed E-state index contributed by atoms with van der Waals surface area (Å²) in [6.45, 7) is -2.19. The Morgan fingerprint density at radius 3 is 2.54 bits per heavy atom. The number of imidazole rings is 1. The predicted octanol–water partition coefficient (Wildman–Crippen LogP) is 3.14. The number of hydrogen-bond acceptors (Lipinski definition) is 7. The van der Waals surface area contributed by atoms with Crippen LogP contribution in [0.15, 0.2) is 23.1 Å². The number of halogens is 6. The fraction of sp³-hybridized carbons (Fsp3) is 0.545. The van der Waals surface area contributed by atoms with Crippen LogP contribution >= 0.6 is 0 Å². The Bertz CT molecular complexity index is 1390. The Morgan fingerprint density at radius 2 is 1.87 bits per heavy atom. The number of primary amides is 1. The van der Waals surface area contributed by atoms with E-state index in [1.54, 1.807) is 0 Å². The van der Waals surface area contributed by atoms with Crippen molar-refractivity contribution in [3.63, 3.8) is 0 Å². The van der Waals surface area contributed by atoms with Crippen LogP contribution in [0.25, 0.3) is 5.65 Å². The van der Waals surface area contributed by atoms with E-state index in [-0.39, 0.29) is 41.1 Å². The van der Waals surface area contributed by atoms with Gasteiger partial charge in [-0.05, 0) is 30.0 Å². The molecule has 0 unspecified atom stereocenters. The molecular weight excluding hydrogens is 538 g/mol. The van der Waals surface area contributed by atoms with Crippen LogP contribution in [0.2, 0.25) is 0 Å².